The van der Waals surface area contributed by atoms with E-state index >= 15 is 0 Å². The second kappa shape index (κ2) is 17.3. The Morgan fingerprint density at radius 1 is 0.600 bits per heavy atom. The Labute approximate surface area is 266 Å². The van der Waals surface area contributed by atoms with Crippen molar-refractivity contribution in [1.82, 2.24) is 10.6 Å². The smallest absolute Gasteiger partial charge is 0.326 e. The summed E-state index contributed by atoms with van der Waals surface area (Å²) in [6.07, 6.45) is -1.63. The maximum atomic E-state index is 13.6. The lowest BCUT2D eigenvalue weighted by molar-refractivity contribution is -0.159. The molecule has 0 rings (SSSR count). The molecule has 13 heteroatoms. The van der Waals surface area contributed by atoms with Gasteiger partial charge in [-0.3, -0.25) is 28.8 Å². The molecule has 3 N–H and O–H groups in total. The number of rotatable bonds is 16. The Kier molecular flexibility index (Phi) is 15.9. The van der Waals surface area contributed by atoms with Crippen molar-refractivity contribution >= 4 is 41.5 Å². The van der Waals surface area contributed by atoms with E-state index in [1.54, 1.807) is 76.2 Å². The van der Waals surface area contributed by atoms with Gasteiger partial charge in [-0.05, 0) is 74.7 Å². The molecule has 258 valence electrons. The number of carbonyl (C=O) groups is 7. The quantitative estimate of drug-likeness (QED) is 0.165. The summed E-state index contributed by atoms with van der Waals surface area (Å²) in [6.45, 7) is 19.8. The molecule has 2 amide bonds. The van der Waals surface area contributed by atoms with Gasteiger partial charge in [0.15, 0.2) is 5.78 Å². The van der Waals surface area contributed by atoms with E-state index in [2.05, 4.69) is 10.6 Å². The van der Waals surface area contributed by atoms with Gasteiger partial charge in [0, 0.05) is 24.7 Å². The first-order valence-electron chi connectivity index (χ1n) is 15.2. The predicted octanol–water partition coefficient (Wildman–Crippen LogP) is 3.49. The van der Waals surface area contributed by atoms with Gasteiger partial charge in [-0.2, -0.15) is 0 Å². The van der Waals surface area contributed by atoms with Gasteiger partial charge in [0.2, 0.25) is 11.8 Å². The molecule has 0 fully saturated rings. The number of carbonyl (C=O) groups excluding carboxylic acids is 6. The number of hydrogen-bond acceptors (Lipinski definition) is 10. The average Bonchev–Trinajstić information content (AvgIpc) is 2.80. The van der Waals surface area contributed by atoms with Gasteiger partial charge in [-0.15, -0.1) is 0 Å². The molecule has 0 aromatic rings. The summed E-state index contributed by atoms with van der Waals surface area (Å²) in [5, 5.41) is 14.6. The molecule has 13 nitrogen and oxygen atoms in total. The fraction of sp³-hybridized carbons (Fsp3) is 0.781. The fourth-order valence-electron chi connectivity index (χ4n) is 4.03. The van der Waals surface area contributed by atoms with E-state index in [0.29, 0.717) is 0 Å². The van der Waals surface area contributed by atoms with Crippen LogP contribution in [-0.4, -0.2) is 75.5 Å². The Balaban J connectivity index is 5.89. The number of Topliss-reactive ketones (excluding diaryl/α,β-unsaturated/α-hetero) is 1. The van der Waals surface area contributed by atoms with Gasteiger partial charge in [-0.1, -0.05) is 20.8 Å². The molecule has 45 heavy (non-hydrogen) atoms. The highest BCUT2D eigenvalue weighted by molar-refractivity contribution is 5.95. The first kappa shape index (κ1) is 41.5. The van der Waals surface area contributed by atoms with Crippen molar-refractivity contribution in [3.8, 4) is 0 Å². The average molecular weight is 643 g/mol. The zero-order valence-electron chi connectivity index (χ0n) is 29.0. The second-order valence-corrected chi connectivity index (χ2v) is 14.6. The van der Waals surface area contributed by atoms with Crippen LogP contribution in [0, 0.1) is 17.8 Å². The first-order valence-corrected chi connectivity index (χ1v) is 15.2. The van der Waals surface area contributed by atoms with Crippen LogP contribution in [0.4, 0.5) is 0 Å². The van der Waals surface area contributed by atoms with Crippen LogP contribution in [0.15, 0.2) is 0 Å². The minimum atomic E-state index is -1.60. The second-order valence-electron chi connectivity index (χ2n) is 14.6. The van der Waals surface area contributed by atoms with Crippen molar-refractivity contribution in [2.45, 2.75) is 144 Å². The largest absolute Gasteiger partial charge is 0.480 e. The summed E-state index contributed by atoms with van der Waals surface area (Å²) in [5.41, 5.74) is -2.39. The number of hydrogen-bond donors (Lipinski definition) is 3. The molecule has 0 bridgehead atoms. The van der Waals surface area contributed by atoms with E-state index in [1.807, 2.05) is 0 Å². The van der Waals surface area contributed by atoms with Crippen molar-refractivity contribution in [3.05, 3.63) is 0 Å². The van der Waals surface area contributed by atoms with Crippen LogP contribution < -0.4 is 10.6 Å². The number of nitrogens with one attached hydrogen (secondary N) is 2. The summed E-state index contributed by atoms with van der Waals surface area (Å²) in [7, 11) is 0. The molecular formula is C32H54N2O11. The highest BCUT2D eigenvalue weighted by atomic mass is 16.6. The Bertz CT molecular complexity index is 1080. The normalized spacial score (nSPS) is 14.8. The number of amides is 2. The number of ether oxygens (including phenoxy) is 3. The molecule has 0 spiro atoms. The zero-order valence-corrected chi connectivity index (χ0v) is 29.0. The van der Waals surface area contributed by atoms with Crippen molar-refractivity contribution in [2.24, 2.45) is 17.8 Å². The third-order valence-electron chi connectivity index (χ3n) is 6.07. The maximum Gasteiger partial charge on any atom is 0.326 e. The highest BCUT2D eigenvalue weighted by Gasteiger charge is 2.34. The van der Waals surface area contributed by atoms with Gasteiger partial charge < -0.3 is 30.0 Å². The molecule has 0 aliphatic carbocycles. The monoisotopic (exact) mass is 642 g/mol. The molecule has 0 unspecified atom stereocenters. The lowest BCUT2D eigenvalue weighted by Gasteiger charge is -2.26. The number of carboxylic acids is 1. The van der Waals surface area contributed by atoms with E-state index in [0.717, 1.165) is 0 Å². The van der Waals surface area contributed by atoms with Crippen LogP contribution in [-0.2, 0) is 47.8 Å². The summed E-state index contributed by atoms with van der Waals surface area (Å²) < 4.78 is 15.8. The minimum absolute atomic E-state index is 0.137. The van der Waals surface area contributed by atoms with Gasteiger partial charge in [-0.25, -0.2) is 4.79 Å². The van der Waals surface area contributed by atoms with E-state index in [4.69, 9.17) is 14.2 Å². The minimum Gasteiger partial charge on any atom is -0.480 e. The standard InChI is InChI=1S/C32H54N2O11/c1-18(2)20(28(40)34-22(29(41)42)17-26(38)45-32(10,11)12)16-23(35)21(13-14-24(36)43-30(4,5)6)33-27(39)19(3)15-25(37)44-31(7,8)9/h18-22H,13-17H2,1-12H3,(H,33,39)(H,34,40)(H,41,42)/t19-,20-,21-,22-/m0/s1. The van der Waals surface area contributed by atoms with Crippen LogP contribution in [0.5, 0.6) is 0 Å². The molecule has 0 saturated heterocycles. The van der Waals surface area contributed by atoms with E-state index < -0.39 is 101 Å². The van der Waals surface area contributed by atoms with Crippen molar-refractivity contribution < 1.29 is 52.9 Å². The number of carboxylic acid groups (broad SMARTS) is 1. The molecule has 0 aromatic carbocycles. The van der Waals surface area contributed by atoms with Gasteiger partial charge in [0.05, 0.1) is 18.9 Å². The summed E-state index contributed by atoms with van der Waals surface area (Å²) in [6, 6.07) is -2.81. The lowest BCUT2D eigenvalue weighted by Crippen LogP contribution is -2.48. The predicted molar refractivity (Wildman–Crippen MR) is 165 cm³/mol. The molecule has 0 aromatic heterocycles. The van der Waals surface area contributed by atoms with Crippen molar-refractivity contribution in [2.75, 3.05) is 0 Å². The van der Waals surface area contributed by atoms with E-state index in [1.165, 1.54) is 6.92 Å². The van der Waals surface area contributed by atoms with Crippen LogP contribution in [0.1, 0.15) is 115 Å². The summed E-state index contributed by atoms with van der Waals surface area (Å²) >= 11 is 0. The van der Waals surface area contributed by atoms with Gasteiger partial charge in [0.25, 0.3) is 0 Å². The number of aliphatic carboxylic acids is 1. The SMILES string of the molecule is CC(C)[C@H](CC(=O)[C@H](CCC(=O)OC(C)(C)C)NC(=O)[C@@H](C)CC(=O)OC(C)(C)C)C(=O)N[C@@H](CC(=O)OC(C)(C)C)C(=O)O. The molecule has 0 aliphatic rings. The lowest BCUT2D eigenvalue weighted by atomic mass is 9.86. The van der Waals surface area contributed by atoms with E-state index in [9.17, 15) is 38.7 Å². The third kappa shape index (κ3) is 18.8. The third-order valence-corrected chi connectivity index (χ3v) is 6.07. The highest BCUT2D eigenvalue weighted by Crippen LogP contribution is 2.21. The van der Waals surface area contributed by atoms with E-state index in [-0.39, 0.29) is 19.3 Å². The number of ketones is 1. The first-order chi connectivity index (χ1) is 20.2. The van der Waals surface area contributed by atoms with Crippen LogP contribution in [0.25, 0.3) is 0 Å². The maximum absolute atomic E-state index is 13.6. The summed E-state index contributed by atoms with van der Waals surface area (Å²) in [4.78, 5) is 88.6. The molecular weight excluding hydrogens is 588 g/mol. The number of esters is 3. The molecule has 0 saturated carbocycles. The topological polar surface area (TPSA) is 191 Å². The van der Waals surface area contributed by atoms with Crippen LogP contribution in [0.3, 0.4) is 0 Å². The molecule has 4 atom stereocenters. The Morgan fingerprint density at radius 2 is 1.02 bits per heavy atom. The molecule has 0 radical (unpaired) electrons. The zero-order chi connectivity index (χ0) is 35.5. The molecule has 0 heterocycles. The van der Waals surface area contributed by atoms with Gasteiger partial charge >= 0.3 is 23.9 Å². The van der Waals surface area contributed by atoms with Crippen molar-refractivity contribution in [1.29, 1.82) is 0 Å². The van der Waals surface area contributed by atoms with Gasteiger partial charge in [0.1, 0.15) is 22.8 Å². The summed E-state index contributed by atoms with van der Waals surface area (Å²) in [5.74, 6) is -7.80. The Morgan fingerprint density at radius 3 is 1.44 bits per heavy atom. The van der Waals surface area contributed by atoms with Crippen molar-refractivity contribution in [3.63, 3.8) is 0 Å². The molecule has 0 aliphatic heterocycles. The fourth-order valence-corrected chi connectivity index (χ4v) is 4.03. The Hall–Kier alpha value is -3.51. The van der Waals surface area contributed by atoms with Crippen LogP contribution in [0.2, 0.25) is 0 Å². The van der Waals surface area contributed by atoms with Crippen LogP contribution >= 0.6 is 0 Å².